The molecule has 0 aliphatic heterocycles. The molecule has 0 saturated heterocycles. The predicted molar refractivity (Wildman–Crippen MR) is 78.9 cm³/mol. The van der Waals surface area contributed by atoms with E-state index in [0.29, 0.717) is 17.9 Å². The lowest BCUT2D eigenvalue weighted by Gasteiger charge is -2.05. The lowest BCUT2D eigenvalue weighted by atomic mass is 10.1. The van der Waals surface area contributed by atoms with Gasteiger partial charge in [-0.2, -0.15) is 0 Å². The number of carbonyl (C=O) groups is 2. The van der Waals surface area contributed by atoms with E-state index in [-0.39, 0.29) is 11.3 Å². The first kappa shape index (κ1) is 14.8. The number of amides is 1. The number of hydrogen-bond donors (Lipinski definition) is 2. The average molecular weight is 287 g/mol. The SMILES string of the molecule is CCc1oc(C(=O)Nc2cc(C)cc(C)c2)cc1C(=O)O. The van der Waals surface area contributed by atoms with Crippen molar-refractivity contribution in [1.82, 2.24) is 0 Å². The highest BCUT2D eigenvalue weighted by Gasteiger charge is 2.20. The molecular formula is C16H17NO4. The summed E-state index contributed by atoms with van der Waals surface area (Å²) < 4.78 is 5.33. The van der Waals surface area contributed by atoms with Crippen molar-refractivity contribution in [3.8, 4) is 0 Å². The molecule has 0 bridgehead atoms. The van der Waals surface area contributed by atoms with Gasteiger partial charge in [-0.3, -0.25) is 4.79 Å². The van der Waals surface area contributed by atoms with Gasteiger partial charge in [-0.1, -0.05) is 13.0 Å². The summed E-state index contributed by atoms with van der Waals surface area (Å²) in [4.78, 5) is 23.2. The Hall–Kier alpha value is -2.56. The first-order valence-electron chi connectivity index (χ1n) is 6.66. The van der Waals surface area contributed by atoms with Gasteiger partial charge in [0.05, 0.1) is 0 Å². The van der Waals surface area contributed by atoms with Crippen molar-refractivity contribution in [1.29, 1.82) is 0 Å². The smallest absolute Gasteiger partial charge is 0.339 e. The van der Waals surface area contributed by atoms with Crippen LogP contribution in [0, 0.1) is 13.8 Å². The summed E-state index contributed by atoms with van der Waals surface area (Å²) >= 11 is 0. The fraction of sp³-hybridized carbons (Fsp3) is 0.250. The van der Waals surface area contributed by atoms with Gasteiger partial charge in [0.15, 0.2) is 5.76 Å². The van der Waals surface area contributed by atoms with Gasteiger partial charge >= 0.3 is 5.97 Å². The number of carbonyl (C=O) groups excluding carboxylic acids is 1. The van der Waals surface area contributed by atoms with Gasteiger partial charge in [0.2, 0.25) is 0 Å². The quantitative estimate of drug-likeness (QED) is 0.903. The Morgan fingerprint density at radius 2 is 1.76 bits per heavy atom. The third-order valence-electron chi connectivity index (χ3n) is 3.06. The summed E-state index contributed by atoms with van der Waals surface area (Å²) in [6.45, 7) is 5.65. The number of nitrogens with one attached hydrogen (secondary N) is 1. The Labute approximate surface area is 122 Å². The fourth-order valence-corrected chi connectivity index (χ4v) is 2.22. The van der Waals surface area contributed by atoms with Crippen molar-refractivity contribution in [2.75, 3.05) is 5.32 Å². The molecule has 0 unspecified atom stereocenters. The lowest BCUT2D eigenvalue weighted by molar-refractivity contribution is 0.0694. The molecule has 1 aromatic heterocycles. The zero-order valence-corrected chi connectivity index (χ0v) is 12.2. The molecule has 0 aliphatic carbocycles. The predicted octanol–water partition coefficient (Wildman–Crippen LogP) is 3.41. The maximum absolute atomic E-state index is 12.1. The number of aromatic carboxylic acids is 1. The van der Waals surface area contributed by atoms with Crippen LogP contribution in [0.2, 0.25) is 0 Å². The van der Waals surface area contributed by atoms with Crippen molar-refractivity contribution in [2.24, 2.45) is 0 Å². The van der Waals surface area contributed by atoms with Crippen LogP contribution in [-0.2, 0) is 6.42 Å². The molecule has 21 heavy (non-hydrogen) atoms. The number of rotatable bonds is 4. The van der Waals surface area contributed by atoms with Gasteiger partial charge in [-0.15, -0.1) is 0 Å². The first-order chi connectivity index (χ1) is 9.90. The number of hydrogen-bond acceptors (Lipinski definition) is 3. The molecule has 2 aromatic rings. The highest BCUT2D eigenvalue weighted by molar-refractivity contribution is 6.04. The second kappa shape index (κ2) is 5.83. The normalized spacial score (nSPS) is 10.4. The van der Waals surface area contributed by atoms with E-state index in [1.54, 1.807) is 6.92 Å². The largest absolute Gasteiger partial charge is 0.478 e. The van der Waals surface area contributed by atoms with Crippen LogP contribution in [0.1, 0.15) is 44.7 Å². The lowest BCUT2D eigenvalue weighted by Crippen LogP contribution is -2.11. The summed E-state index contributed by atoms with van der Waals surface area (Å²) in [5, 5.41) is 11.8. The van der Waals surface area contributed by atoms with Gasteiger partial charge in [0, 0.05) is 18.2 Å². The number of anilines is 1. The minimum absolute atomic E-state index is 0.00316. The number of furan rings is 1. The molecule has 1 heterocycles. The van der Waals surface area contributed by atoms with E-state index in [0.717, 1.165) is 11.1 Å². The fourth-order valence-electron chi connectivity index (χ4n) is 2.22. The summed E-state index contributed by atoms with van der Waals surface area (Å²) in [5.74, 6) is -1.25. The summed E-state index contributed by atoms with van der Waals surface area (Å²) in [7, 11) is 0. The van der Waals surface area contributed by atoms with Crippen molar-refractivity contribution < 1.29 is 19.1 Å². The number of aryl methyl sites for hydroxylation is 3. The molecule has 2 rings (SSSR count). The molecule has 0 atom stereocenters. The maximum atomic E-state index is 12.1. The zero-order valence-electron chi connectivity index (χ0n) is 12.2. The Bertz CT molecular complexity index is 680. The van der Waals surface area contributed by atoms with Gasteiger partial charge < -0.3 is 14.8 Å². The van der Waals surface area contributed by atoms with E-state index >= 15 is 0 Å². The third-order valence-corrected chi connectivity index (χ3v) is 3.06. The van der Waals surface area contributed by atoms with Crippen molar-refractivity contribution in [3.63, 3.8) is 0 Å². The van der Waals surface area contributed by atoms with Gasteiger partial charge in [-0.05, 0) is 37.1 Å². The molecule has 0 spiro atoms. The minimum Gasteiger partial charge on any atom is -0.478 e. The second-order valence-corrected chi connectivity index (χ2v) is 4.94. The van der Waals surface area contributed by atoms with E-state index in [2.05, 4.69) is 5.32 Å². The number of carboxylic acid groups (broad SMARTS) is 1. The molecule has 0 aliphatic rings. The molecule has 1 amide bonds. The van der Waals surface area contributed by atoms with Crippen LogP contribution in [0.5, 0.6) is 0 Å². The van der Waals surface area contributed by atoms with E-state index in [1.807, 2.05) is 32.0 Å². The van der Waals surface area contributed by atoms with E-state index in [1.165, 1.54) is 6.07 Å². The van der Waals surface area contributed by atoms with Crippen LogP contribution >= 0.6 is 0 Å². The van der Waals surface area contributed by atoms with E-state index < -0.39 is 11.9 Å². The van der Waals surface area contributed by atoms with Crippen LogP contribution in [0.3, 0.4) is 0 Å². The van der Waals surface area contributed by atoms with E-state index in [9.17, 15) is 9.59 Å². The van der Waals surface area contributed by atoms with Crippen LogP contribution in [0.25, 0.3) is 0 Å². The highest BCUT2D eigenvalue weighted by atomic mass is 16.4. The van der Waals surface area contributed by atoms with Crippen molar-refractivity contribution in [2.45, 2.75) is 27.2 Å². The minimum atomic E-state index is -1.10. The molecule has 110 valence electrons. The van der Waals surface area contributed by atoms with Crippen LogP contribution in [-0.4, -0.2) is 17.0 Å². The highest BCUT2D eigenvalue weighted by Crippen LogP contribution is 2.19. The summed E-state index contributed by atoms with van der Waals surface area (Å²) in [6.07, 6.45) is 0.415. The second-order valence-electron chi connectivity index (χ2n) is 4.94. The Kier molecular flexibility index (Phi) is 4.12. The first-order valence-corrected chi connectivity index (χ1v) is 6.66. The molecule has 5 nitrogen and oxygen atoms in total. The molecule has 5 heteroatoms. The van der Waals surface area contributed by atoms with Gasteiger partial charge in [0.25, 0.3) is 5.91 Å². The van der Waals surface area contributed by atoms with Gasteiger partial charge in [-0.25, -0.2) is 4.79 Å². The third kappa shape index (κ3) is 3.31. The Morgan fingerprint density at radius 3 is 2.24 bits per heavy atom. The summed E-state index contributed by atoms with van der Waals surface area (Å²) in [6, 6.07) is 6.94. The topological polar surface area (TPSA) is 79.5 Å². The number of benzene rings is 1. The summed E-state index contributed by atoms with van der Waals surface area (Å²) in [5.41, 5.74) is 2.75. The van der Waals surface area contributed by atoms with Crippen LogP contribution in [0.15, 0.2) is 28.7 Å². The number of carboxylic acids is 1. The van der Waals surface area contributed by atoms with Crippen LogP contribution < -0.4 is 5.32 Å². The molecule has 0 radical (unpaired) electrons. The monoisotopic (exact) mass is 287 g/mol. The van der Waals surface area contributed by atoms with Crippen molar-refractivity contribution >= 4 is 17.6 Å². The molecular weight excluding hydrogens is 270 g/mol. The van der Waals surface area contributed by atoms with Gasteiger partial charge in [0.1, 0.15) is 11.3 Å². The molecule has 0 fully saturated rings. The molecule has 2 N–H and O–H groups in total. The molecule has 0 saturated carbocycles. The zero-order chi connectivity index (χ0) is 15.6. The van der Waals surface area contributed by atoms with E-state index in [4.69, 9.17) is 9.52 Å². The van der Waals surface area contributed by atoms with Crippen molar-refractivity contribution in [3.05, 3.63) is 52.5 Å². The maximum Gasteiger partial charge on any atom is 0.339 e. The average Bonchev–Trinajstić information content (AvgIpc) is 2.81. The Balaban J connectivity index is 2.26. The standard InChI is InChI=1S/C16H17NO4/c1-4-13-12(16(19)20)8-14(21-13)15(18)17-11-6-9(2)5-10(3)7-11/h5-8H,4H2,1-3H3,(H,17,18)(H,19,20). The van der Waals surface area contributed by atoms with Crippen LogP contribution in [0.4, 0.5) is 5.69 Å². The Morgan fingerprint density at radius 1 is 1.14 bits per heavy atom. The molecule has 1 aromatic carbocycles.